The molecular weight excluding hydrogens is 401 g/mol. The predicted octanol–water partition coefficient (Wildman–Crippen LogP) is 3.22. The lowest BCUT2D eigenvalue weighted by molar-refractivity contribution is 0.195. The molecule has 1 saturated carbocycles. The molecule has 0 radical (unpaired) electrons. The van der Waals surface area contributed by atoms with Crippen LogP contribution in [-0.4, -0.2) is 39.3 Å². The number of ether oxygens (including phenoxy) is 1. The van der Waals surface area contributed by atoms with E-state index < -0.39 is 0 Å². The fourth-order valence-corrected chi connectivity index (χ4v) is 2.61. The highest BCUT2D eigenvalue weighted by Gasteiger charge is 2.42. The first-order valence-electron chi connectivity index (χ1n) is 8.33. The van der Waals surface area contributed by atoms with Crippen LogP contribution in [0.15, 0.2) is 35.3 Å². The Morgan fingerprint density at radius 2 is 1.96 bits per heavy atom. The molecule has 130 valence electrons. The van der Waals surface area contributed by atoms with Crippen molar-refractivity contribution >= 4 is 29.9 Å². The van der Waals surface area contributed by atoms with Crippen molar-refractivity contribution in [2.75, 3.05) is 33.4 Å². The first kappa shape index (κ1) is 20.2. The summed E-state index contributed by atoms with van der Waals surface area (Å²) < 4.78 is 5.07. The molecule has 1 aromatic carbocycles. The van der Waals surface area contributed by atoms with Gasteiger partial charge in [0, 0.05) is 33.4 Å². The maximum atomic E-state index is 5.07. The van der Waals surface area contributed by atoms with Crippen molar-refractivity contribution in [2.24, 2.45) is 10.4 Å². The van der Waals surface area contributed by atoms with Crippen molar-refractivity contribution in [3.05, 3.63) is 35.9 Å². The van der Waals surface area contributed by atoms with Crippen molar-refractivity contribution in [1.82, 2.24) is 10.6 Å². The Morgan fingerprint density at radius 1 is 1.22 bits per heavy atom. The minimum Gasteiger partial charge on any atom is -0.385 e. The van der Waals surface area contributed by atoms with Gasteiger partial charge in [0.1, 0.15) is 0 Å². The van der Waals surface area contributed by atoms with Gasteiger partial charge in [0.2, 0.25) is 0 Å². The number of halogens is 1. The van der Waals surface area contributed by atoms with Crippen LogP contribution in [0.4, 0.5) is 0 Å². The van der Waals surface area contributed by atoms with E-state index in [2.05, 4.69) is 47.9 Å². The number of aliphatic imine (C=N–C) groups is 1. The second-order valence-electron chi connectivity index (χ2n) is 6.13. The number of guanidine groups is 1. The molecule has 0 bridgehead atoms. The van der Waals surface area contributed by atoms with Crippen molar-refractivity contribution in [2.45, 2.75) is 32.6 Å². The van der Waals surface area contributed by atoms with Crippen LogP contribution in [0.25, 0.3) is 0 Å². The Bertz CT molecular complexity index is 461. The van der Waals surface area contributed by atoms with Gasteiger partial charge in [-0.2, -0.15) is 0 Å². The fourth-order valence-electron chi connectivity index (χ4n) is 2.61. The van der Waals surface area contributed by atoms with E-state index in [4.69, 9.17) is 9.73 Å². The summed E-state index contributed by atoms with van der Waals surface area (Å²) in [7, 11) is 1.74. The summed E-state index contributed by atoms with van der Waals surface area (Å²) in [5.41, 5.74) is 1.81. The molecule has 1 aromatic rings. The highest BCUT2D eigenvalue weighted by Crippen LogP contribution is 2.48. The second kappa shape index (κ2) is 10.9. The molecule has 0 saturated heterocycles. The molecular formula is C18H30IN3O. The van der Waals surface area contributed by atoms with Gasteiger partial charge in [-0.15, -0.1) is 24.0 Å². The Morgan fingerprint density at radius 3 is 2.57 bits per heavy atom. The van der Waals surface area contributed by atoms with Gasteiger partial charge < -0.3 is 15.4 Å². The average Bonchev–Trinajstić information content (AvgIpc) is 3.30. The molecule has 0 aromatic heterocycles. The molecule has 23 heavy (non-hydrogen) atoms. The van der Waals surface area contributed by atoms with Crippen LogP contribution in [-0.2, 0) is 11.2 Å². The van der Waals surface area contributed by atoms with Crippen molar-refractivity contribution in [3.8, 4) is 0 Å². The predicted molar refractivity (Wildman–Crippen MR) is 108 cm³/mol. The first-order valence-corrected chi connectivity index (χ1v) is 8.33. The monoisotopic (exact) mass is 431 g/mol. The Kier molecular flexibility index (Phi) is 9.55. The summed E-state index contributed by atoms with van der Waals surface area (Å²) in [4.78, 5) is 4.80. The lowest BCUT2D eigenvalue weighted by Gasteiger charge is -2.15. The van der Waals surface area contributed by atoms with Crippen LogP contribution in [0.3, 0.4) is 0 Å². The Balaban J connectivity index is 0.00000264. The van der Waals surface area contributed by atoms with E-state index in [0.29, 0.717) is 5.41 Å². The SMILES string of the molecule is CCNC(=NCC1(Cc2ccccc2)CC1)NCCCOC.I. The van der Waals surface area contributed by atoms with E-state index in [1.807, 2.05) is 0 Å². The van der Waals surface area contributed by atoms with E-state index in [0.717, 1.165) is 45.0 Å². The number of hydrogen-bond acceptors (Lipinski definition) is 2. The lowest BCUT2D eigenvalue weighted by Crippen LogP contribution is -2.38. The zero-order valence-corrected chi connectivity index (χ0v) is 16.6. The quantitative estimate of drug-likeness (QED) is 0.273. The second-order valence-corrected chi connectivity index (χ2v) is 6.13. The van der Waals surface area contributed by atoms with E-state index in [1.54, 1.807) is 7.11 Å². The first-order chi connectivity index (χ1) is 10.8. The zero-order valence-electron chi connectivity index (χ0n) is 14.3. The highest BCUT2D eigenvalue weighted by molar-refractivity contribution is 14.0. The van der Waals surface area contributed by atoms with Crippen LogP contribution in [0.1, 0.15) is 31.7 Å². The highest BCUT2D eigenvalue weighted by atomic mass is 127. The maximum absolute atomic E-state index is 5.07. The summed E-state index contributed by atoms with van der Waals surface area (Å²) in [5.74, 6) is 0.929. The van der Waals surface area contributed by atoms with Gasteiger partial charge in [0.15, 0.2) is 5.96 Å². The van der Waals surface area contributed by atoms with Gasteiger partial charge in [-0.3, -0.25) is 4.99 Å². The lowest BCUT2D eigenvalue weighted by atomic mass is 9.97. The standard InChI is InChI=1S/C18H29N3O.HI/c1-3-19-17(20-12-7-13-22-2)21-15-18(10-11-18)14-16-8-5-4-6-9-16;/h4-6,8-9H,3,7,10-15H2,1-2H3,(H2,19,20,21);1H. The van der Waals surface area contributed by atoms with Gasteiger partial charge >= 0.3 is 0 Å². The van der Waals surface area contributed by atoms with Crippen LogP contribution in [0.2, 0.25) is 0 Å². The summed E-state index contributed by atoms with van der Waals surface area (Å²) in [6, 6.07) is 10.8. The van der Waals surface area contributed by atoms with E-state index in [9.17, 15) is 0 Å². The summed E-state index contributed by atoms with van der Waals surface area (Å²) in [6.45, 7) is 5.57. The Labute approximate surface area is 157 Å². The van der Waals surface area contributed by atoms with Crippen molar-refractivity contribution in [1.29, 1.82) is 0 Å². The molecule has 1 fully saturated rings. The zero-order chi connectivity index (χ0) is 15.7. The molecule has 0 atom stereocenters. The number of nitrogens with one attached hydrogen (secondary N) is 2. The third-order valence-electron chi connectivity index (χ3n) is 4.11. The summed E-state index contributed by atoms with van der Waals surface area (Å²) >= 11 is 0. The normalized spacial score (nSPS) is 15.7. The molecule has 4 nitrogen and oxygen atoms in total. The average molecular weight is 431 g/mol. The van der Waals surface area contributed by atoms with E-state index >= 15 is 0 Å². The fraction of sp³-hybridized carbons (Fsp3) is 0.611. The van der Waals surface area contributed by atoms with E-state index in [1.165, 1.54) is 18.4 Å². The van der Waals surface area contributed by atoms with E-state index in [-0.39, 0.29) is 24.0 Å². The maximum Gasteiger partial charge on any atom is 0.191 e. The van der Waals surface area contributed by atoms with Gasteiger partial charge in [-0.25, -0.2) is 0 Å². The number of benzene rings is 1. The largest absolute Gasteiger partial charge is 0.385 e. The third kappa shape index (κ3) is 7.52. The van der Waals surface area contributed by atoms with Gasteiger partial charge in [0.05, 0.1) is 0 Å². The smallest absolute Gasteiger partial charge is 0.191 e. The topological polar surface area (TPSA) is 45.7 Å². The van der Waals surface area contributed by atoms with Gasteiger partial charge in [-0.1, -0.05) is 30.3 Å². The number of nitrogens with zero attached hydrogens (tertiary/aromatic N) is 1. The van der Waals surface area contributed by atoms with Gasteiger partial charge in [-0.05, 0) is 43.6 Å². The minimum absolute atomic E-state index is 0. The van der Waals surface area contributed by atoms with Crippen LogP contribution in [0.5, 0.6) is 0 Å². The molecule has 0 heterocycles. The van der Waals surface area contributed by atoms with Gasteiger partial charge in [0.25, 0.3) is 0 Å². The molecule has 5 heteroatoms. The van der Waals surface area contributed by atoms with Crippen LogP contribution < -0.4 is 10.6 Å². The van der Waals surface area contributed by atoms with Crippen LogP contribution in [0, 0.1) is 5.41 Å². The molecule has 0 unspecified atom stereocenters. The molecule has 1 aliphatic carbocycles. The van der Waals surface area contributed by atoms with Crippen molar-refractivity contribution < 1.29 is 4.74 Å². The summed E-state index contributed by atoms with van der Waals surface area (Å²) in [5, 5.41) is 6.70. The van der Waals surface area contributed by atoms with Crippen molar-refractivity contribution in [3.63, 3.8) is 0 Å². The van der Waals surface area contributed by atoms with Crippen LogP contribution >= 0.6 is 24.0 Å². The molecule has 0 amide bonds. The number of rotatable bonds is 9. The number of methoxy groups -OCH3 is 1. The summed E-state index contributed by atoms with van der Waals surface area (Å²) in [6.07, 6.45) is 4.71. The molecule has 2 rings (SSSR count). The third-order valence-corrected chi connectivity index (χ3v) is 4.11. The number of hydrogen-bond donors (Lipinski definition) is 2. The molecule has 0 spiro atoms. The molecule has 1 aliphatic rings. The Hall–Kier alpha value is -0.820. The molecule has 2 N–H and O–H groups in total. The molecule has 0 aliphatic heterocycles. The minimum atomic E-state index is 0.